The summed E-state index contributed by atoms with van der Waals surface area (Å²) in [5.74, 6) is -2.73. The molecule has 3 aromatic rings. The lowest BCUT2D eigenvalue weighted by Crippen LogP contribution is -2.19. The van der Waals surface area contributed by atoms with Crippen molar-refractivity contribution in [3.63, 3.8) is 0 Å². The number of nitrogens with one attached hydrogen (secondary N) is 1. The molecule has 0 fully saturated rings. The molecular weight excluding hydrogens is 360 g/mol. The van der Waals surface area contributed by atoms with E-state index >= 15 is 0 Å². The molecule has 0 bridgehead atoms. The highest BCUT2D eigenvalue weighted by atomic mass is 32.2. The summed E-state index contributed by atoms with van der Waals surface area (Å²) in [7, 11) is 0. The highest BCUT2D eigenvalue weighted by Crippen LogP contribution is 2.27. The molecular formula is C17H15F2N5OS. The maximum Gasteiger partial charge on any atom is 0.290 e. The average Bonchev–Trinajstić information content (AvgIpc) is 3.09. The fourth-order valence-electron chi connectivity index (χ4n) is 2.43. The third-order valence-electron chi connectivity index (χ3n) is 3.68. The predicted molar refractivity (Wildman–Crippen MR) is 94.3 cm³/mol. The quantitative estimate of drug-likeness (QED) is 0.663. The van der Waals surface area contributed by atoms with Crippen LogP contribution in [0.15, 0.2) is 60.1 Å². The van der Waals surface area contributed by atoms with Gasteiger partial charge in [-0.1, -0.05) is 0 Å². The molecule has 9 heteroatoms. The first-order valence-electron chi connectivity index (χ1n) is 7.71. The number of aromatic nitrogens is 4. The summed E-state index contributed by atoms with van der Waals surface area (Å²) >= 11 is 0.239. The highest BCUT2D eigenvalue weighted by molar-refractivity contribution is 7.99. The first-order chi connectivity index (χ1) is 12.6. The van der Waals surface area contributed by atoms with E-state index in [4.69, 9.17) is 0 Å². The molecule has 0 radical (unpaired) electrons. The smallest absolute Gasteiger partial charge is 0.290 e. The second-order valence-electron chi connectivity index (χ2n) is 5.31. The lowest BCUT2D eigenvalue weighted by Gasteiger charge is -2.16. The number of hydrogen-bond acceptors (Lipinski definition) is 5. The van der Waals surface area contributed by atoms with E-state index in [0.717, 1.165) is 5.56 Å². The molecule has 3 heterocycles. The van der Waals surface area contributed by atoms with Crippen LogP contribution in [0.2, 0.25) is 0 Å². The Bertz CT molecular complexity index is 888. The third kappa shape index (κ3) is 4.05. The monoisotopic (exact) mass is 375 g/mol. The minimum absolute atomic E-state index is 0.0201. The van der Waals surface area contributed by atoms with Crippen molar-refractivity contribution in [2.24, 2.45) is 0 Å². The molecule has 134 valence electrons. The van der Waals surface area contributed by atoms with Crippen LogP contribution in [0.25, 0.3) is 0 Å². The lowest BCUT2D eigenvalue weighted by atomic mass is 10.1. The van der Waals surface area contributed by atoms with Crippen LogP contribution in [0.1, 0.15) is 28.9 Å². The number of carbonyl (C=O) groups is 1. The van der Waals surface area contributed by atoms with Crippen molar-refractivity contribution in [3.05, 3.63) is 66.2 Å². The number of nitrogens with zero attached hydrogens (tertiary/aromatic N) is 4. The van der Waals surface area contributed by atoms with E-state index in [1.54, 1.807) is 29.3 Å². The Morgan fingerprint density at radius 1 is 1.15 bits per heavy atom. The van der Waals surface area contributed by atoms with Crippen LogP contribution in [-0.2, 0) is 0 Å². The molecule has 0 aliphatic heterocycles. The Balaban J connectivity index is 1.83. The number of anilines is 1. The minimum atomic E-state index is -2.66. The molecule has 1 N–H and O–H groups in total. The Hall–Kier alpha value is -2.81. The van der Waals surface area contributed by atoms with Crippen molar-refractivity contribution in [1.82, 2.24) is 19.7 Å². The average molecular weight is 375 g/mol. The Morgan fingerprint density at radius 2 is 1.92 bits per heavy atom. The maximum absolute atomic E-state index is 12.7. The molecule has 1 atom stereocenters. The molecule has 0 saturated heterocycles. The normalized spacial score (nSPS) is 12.2. The summed E-state index contributed by atoms with van der Waals surface area (Å²) in [4.78, 5) is 20.4. The van der Waals surface area contributed by atoms with Gasteiger partial charge in [-0.05, 0) is 48.5 Å². The molecule has 0 aromatic carbocycles. The Kier molecular flexibility index (Phi) is 5.57. The van der Waals surface area contributed by atoms with Gasteiger partial charge in [0.05, 0.1) is 17.8 Å². The van der Waals surface area contributed by atoms with Crippen molar-refractivity contribution >= 4 is 23.5 Å². The van der Waals surface area contributed by atoms with Crippen molar-refractivity contribution in [3.8, 4) is 0 Å². The van der Waals surface area contributed by atoms with Gasteiger partial charge in [-0.15, -0.1) is 0 Å². The predicted octanol–water partition coefficient (Wildman–Crippen LogP) is 3.85. The van der Waals surface area contributed by atoms with Crippen LogP contribution in [-0.4, -0.2) is 31.4 Å². The highest BCUT2D eigenvalue weighted by Gasteiger charge is 2.19. The molecule has 6 nitrogen and oxygen atoms in total. The number of hydrogen-bond donors (Lipinski definition) is 1. The summed E-state index contributed by atoms with van der Waals surface area (Å²) in [6, 6.07) is 8.20. The van der Waals surface area contributed by atoms with E-state index in [2.05, 4.69) is 20.4 Å². The minimum Gasteiger partial charge on any atom is -0.307 e. The molecule has 0 unspecified atom stereocenters. The van der Waals surface area contributed by atoms with Gasteiger partial charge in [0.2, 0.25) is 0 Å². The summed E-state index contributed by atoms with van der Waals surface area (Å²) in [6.07, 6.45) is 6.29. The standard InChI is InChI=1S/C17H15F2N5OS/c1-11(12-4-8-20-9-5-12)24-14(6-10-22-24)23-15(25)13-3-2-7-21-16(13)26-17(18)19/h2-11,17H,1H3,(H,23,25)/t11-/m1/s1. The second-order valence-corrected chi connectivity index (χ2v) is 6.29. The number of alkyl halides is 2. The summed E-state index contributed by atoms with van der Waals surface area (Å²) in [5.41, 5.74) is 1.05. The zero-order valence-electron chi connectivity index (χ0n) is 13.7. The van der Waals surface area contributed by atoms with E-state index in [1.165, 1.54) is 18.3 Å². The van der Waals surface area contributed by atoms with Crippen molar-refractivity contribution < 1.29 is 13.6 Å². The summed E-state index contributed by atoms with van der Waals surface area (Å²) < 4.78 is 27.0. The van der Waals surface area contributed by atoms with Crippen molar-refractivity contribution in [1.29, 1.82) is 0 Å². The van der Waals surface area contributed by atoms with Gasteiger partial charge < -0.3 is 5.32 Å². The molecule has 1 amide bonds. The first-order valence-corrected chi connectivity index (χ1v) is 8.59. The van der Waals surface area contributed by atoms with Gasteiger partial charge in [0.1, 0.15) is 10.8 Å². The van der Waals surface area contributed by atoms with E-state index in [0.29, 0.717) is 5.82 Å². The van der Waals surface area contributed by atoms with Crippen LogP contribution >= 0.6 is 11.8 Å². The SMILES string of the molecule is C[C@H](c1ccncc1)n1nccc1NC(=O)c1cccnc1SC(F)F. The molecule has 0 spiro atoms. The van der Waals surface area contributed by atoms with E-state index in [1.807, 2.05) is 19.1 Å². The summed E-state index contributed by atoms with van der Waals surface area (Å²) in [6.45, 7) is 1.93. The number of thioether (sulfide) groups is 1. The lowest BCUT2D eigenvalue weighted by molar-refractivity contribution is 0.102. The van der Waals surface area contributed by atoms with Crippen LogP contribution < -0.4 is 5.32 Å². The molecule has 26 heavy (non-hydrogen) atoms. The van der Waals surface area contributed by atoms with Gasteiger partial charge in [-0.25, -0.2) is 9.67 Å². The number of rotatable bonds is 6. The largest absolute Gasteiger partial charge is 0.307 e. The molecule has 3 aromatic heterocycles. The van der Waals surface area contributed by atoms with E-state index in [9.17, 15) is 13.6 Å². The Labute approximate surface area is 152 Å². The van der Waals surface area contributed by atoms with Crippen LogP contribution in [0.4, 0.5) is 14.6 Å². The van der Waals surface area contributed by atoms with Gasteiger partial charge in [0.15, 0.2) is 0 Å². The topological polar surface area (TPSA) is 72.7 Å². The molecule has 3 rings (SSSR count). The van der Waals surface area contributed by atoms with Crippen molar-refractivity contribution in [2.75, 3.05) is 5.32 Å². The van der Waals surface area contributed by atoms with Gasteiger partial charge in [0.25, 0.3) is 11.7 Å². The van der Waals surface area contributed by atoms with Crippen LogP contribution in [0.5, 0.6) is 0 Å². The first kappa shape index (κ1) is 18.0. The zero-order valence-corrected chi connectivity index (χ0v) is 14.5. The van der Waals surface area contributed by atoms with Gasteiger partial charge in [-0.3, -0.25) is 9.78 Å². The maximum atomic E-state index is 12.7. The number of carbonyl (C=O) groups excluding carboxylic acids is 1. The van der Waals surface area contributed by atoms with Gasteiger partial charge in [0, 0.05) is 24.7 Å². The van der Waals surface area contributed by atoms with Crippen molar-refractivity contribution in [2.45, 2.75) is 23.7 Å². The molecule has 0 aliphatic rings. The fraction of sp³-hybridized carbons (Fsp3) is 0.176. The second kappa shape index (κ2) is 8.05. The van der Waals surface area contributed by atoms with Crippen LogP contribution in [0.3, 0.4) is 0 Å². The van der Waals surface area contributed by atoms with Crippen LogP contribution in [0, 0.1) is 0 Å². The molecule has 0 aliphatic carbocycles. The van der Waals surface area contributed by atoms with Gasteiger partial charge >= 0.3 is 0 Å². The number of amides is 1. The summed E-state index contributed by atoms with van der Waals surface area (Å²) in [5, 5.41) is 6.95. The van der Waals surface area contributed by atoms with E-state index in [-0.39, 0.29) is 28.4 Å². The van der Waals surface area contributed by atoms with E-state index < -0.39 is 11.7 Å². The molecule has 0 saturated carbocycles. The van der Waals surface area contributed by atoms with Gasteiger partial charge in [-0.2, -0.15) is 13.9 Å². The fourth-order valence-corrected chi connectivity index (χ4v) is 3.01. The number of pyridine rings is 2. The number of halogens is 2. The Morgan fingerprint density at radius 3 is 2.65 bits per heavy atom. The zero-order chi connectivity index (χ0) is 18.5. The third-order valence-corrected chi connectivity index (χ3v) is 4.41.